The lowest BCUT2D eigenvalue weighted by molar-refractivity contribution is 0.187. The lowest BCUT2D eigenvalue weighted by Gasteiger charge is -2.31. The Morgan fingerprint density at radius 2 is 1.72 bits per heavy atom. The van der Waals surface area contributed by atoms with Gasteiger partial charge >= 0.3 is 6.03 Å². The van der Waals surface area contributed by atoms with E-state index >= 15 is 0 Å². The van der Waals surface area contributed by atoms with Crippen LogP contribution in [0.3, 0.4) is 0 Å². The summed E-state index contributed by atoms with van der Waals surface area (Å²) in [6.45, 7) is 9.93. The topological polar surface area (TPSA) is 84.2 Å². The maximum Gasteiger partial charge on any atom is 0.321 e. The molecule has 1 N–H and O–H groups in total. The van der Waals surface area contributed by atoms with Gasteiger partial charge < -0.3 is 14.7 Å². The summed E-state index contributed by atoms with van der Waals surface area (Å²) in [4.78, 5) is 23.8. The summed E-state index contributed by atoms with van der Waals surface area (Å²) in [5.41, 5.74) is 4.00. The number of nitrogens with one attached hydrogen (secondary N) is 1. The molecule has 32 heavy (non-hydrogen) atoms. The van der Waals surface area contributed by atoms with Crippen LogP contribution in [0.2, 0.25) is 0 Å². The van der Waals surface area contributed by atoms with Gasteiger partial charge in [0.15, 0.2) is 0 Å². The van der Waals surface area contributed by atoms with Crippen LogP contribution in [0.5, 0.6) is 0 Å². The number of para-hydroxylation sites is 1. The van der Waals surface area contributed by atoms with E-state index in [1.165, 1.54) is 11.1 Å². The molecule has 1 aromatic carbocycles. The van der Waals surface area contributed by atoms with Gasteiger partial charge in [0.1, 0.15) is 5.69 Å². The number of anilines is 1. The highest BCUT2D eigenvalue weighted by Gasteiger charge is 2.28. The summed E-state index contributed by atoms with van der Waals surface area (Å²) in [5.74, 6) is 1.95. The summed E-state index contributed by atoms with van der Waals surface area (Å²) in [7, 11) is 0. The molecule has 3 aromatic rings. The number of piperidine rings is 1. The Labute approximate surface area is 189 Å². The summed E-state index contributed by atoms with van der Waals surface area (Å²) < 4.78 is 5.51. The number of nitrogens with zero attached hydrogens (tertiary/aromatic N) is 4. The number of hydrogen-bond acceptors (Lipinski definition) is 5. The average Bonchev–Trinajstić information content (AvgIpc) is 3.30. The summed E-state index contributed by atoms with van der Waals surface area (Å²) >= 11 is 0. The van der Waals surface area contributed by atoms with E-state index in [1.54, 1.807) is 6.20 Å². The largest absolute Gasteiger partial charge is 0.339 e. The third-order valence-corrected chi connectivity index (χ3v) is 6.07. The van der Waals surface area contributed by atoms with Crippen molar-refractivity contribution < 1.29 is 9.32 Å². The molecule has 0 atom stereocenters. The third-order valence-electron chi connectivity index (χ3n) is 6.07. The monoisotopic (exact) mass is 433 g/mol. The maximum absolute atomic E-state index is 13.1. The lowest BCUT2D eigenvalue weighted by Crippen LogP contribution is -2.41. The van der Waals surface area contributed by atoms with Crippen molar-refractivity contribution >= 4 is 11.7 Å². The molecule has 1 fully saturated rings. The highest BCUT2D eigenvalue weighted by atomic mass is 16.5. The zero-order valence-electron chi connectivity index (χ0n) is 19.2. The van der Waals surface area contributed by atoms with E-state index in [1.807, 2.05) is 23.1 Å². The number of aromatic nitrogens is 3. The number of likely N-dealkylation sites (tertiary alicyclic amines) is 1. The van der Waals surface area contributed by atoms with Gasteiger partial charge in [0, 0.05) is 30.9 Å². The number of carbonyl (C=O) groups is 1. The second-order valence-corrected chi connectivity index (χ2v) is 8.98. The fourth-order valence-corrected chi connectivity index (χ4v) is 4.21. The van der Waals surface area contributed by atoms with Crippen LogP contribution >= 0.6 is 0 Å². The average molecular weight is 434 g/mol. The van der Waals surface area contributed by atoms with Crippen molar-refractivity contribution in [1.29, 1.82) is 0 Å². The number of hydrogen-bond donors (Lipinski definition) is 1. The number of urea groups is 1. The minimum Gasteiger partial charge on any atom is -0.339 e. The normalized spacial score (nSPS) is 14.9. The number of amides is 2. The Hall–Kier alpha value is -3.22. The standard InChI is InChI=1S/C25H31N5O2/c1-16(2)19-8-7-9-20(17(3)4)22(19)27-25(31)30-14-11-18(12-15-30)24-28-23(29-32-24)21-10-5-6-13-26-21/h5-10,13,16-18H,11-12,14-15H2,1-4H3,(H,27,31). The van der Waals surface area contributed by atoms with Gasteiger partial charge in [-0.05, 0) is 47.9 Å². The first-order valence-corrected chi connectivity index (χ1v) is 11.4. The summed E-state index contributed by atoms with van der Waals surface area (Å²) in [6.07, 6.45) is 3.30. The third kappa shape index (κ3) is 4.66. The molecule has 0 saturated carbocycles. The summed E-state index contributed by atoms with van der Waals surface area (Å²) in [5, 5.41) is 7.30. The van der Waals surface area contributed by atoms with E-state index < -0.39 is 0 Å². The molecule has 0 unspecified atom stereocenters. The molecular formula is C25H31N5O2. The van der Waals surface area contributed by atoms with Gasteiger partial charge in [0.2, 0.25) is 11.7 Å². The predicted molar refractivity (Wildman–Crippen MR) is 125 cm³/mol. The Bertz CT molecular complexity index is 1030. The van der Waals surface area contributed by atoms with Crippen LogP contribution in [0.25, 0.3) is 11.5 Å². The van der Waals surface area contributed by atoms with Crippen molar-refractivity contribution in [3.8, 4) is 11.5 Å². The van der Waals surface area contributed by atoms with E-state index in [9.17, 15) is 4.79 Å². The van der Waals surface area contributed by atoms with Gasteiger partial charge in [-0.25, -0.2) is 4.79 Å². The maximum atomic E-state index is 13.1. The number of benzene rings is 1. The molecule has 7 nitrogen and oxygen atoms in total. The quantitative estimate of drug-likeness (QED) is 0.550. The molecule has 1 aliphatic heterocycles. The van der Waals surface area contributed by atoms with E-state index in [-0.39, 0.29) is 11.9 Å². The molecule has 0 bridgehead atoms. The number of rotatable bonds is 5. The molecule has 7 heteroatoms. The Morgan fingerprint density at radius 1 is 1.03 bits per heavy atom. The second-order valence-electron chi connectivity index (χ2n) is 8.98. The van der Waals surface area contributed by atoms with E-state index in [4.69, 9.17) is 4.52 Å². The molecule has 1 saturated heterocycles. The molecule has 0 spiro atoms. The van der Waals surface area contributed by atoms with Crippen LogP contribution in [-0.4, -0.2) is 39.1 Å². The highest BCUT2D eigenvalue weighted by Crippen LogP contribution is 2.33. The molecule has 2 amide bonds. The number of pyridine rings is 1. The minimum atomic E-state index is -0.0434. The van der Waals surface area contributed by atoms with Gasteiger partial charge in [-0.15, -0.1) is 0 Å². The molecule has 4 rings (SSSR count). The fraction of sp³-hybridized carbons (Fsp3) is 0.440. The van der Waals surface area contributed by atoms with Gasteiger partial charge in [-0.2, -0.15) is 4.98 Å². The zero-order chi connectivity index (χ0) is 22.7. The van der Waals surface area contributed by atoms with Crippen molar-refractivity contribution in [2.45, 2.75) is 58.3 Å². The minimum absolute atomic E-state index is 0.0434. The van der Waals surface area contributed by atoms with Crippen molar-refractivity contribution in [3.63, 3.8) is 0 Å². The van der Waals surface area contributed by atoms with Crippen molar-refractivity contribution in [2.24, 2.45) is 0 Å². The van der Waals surface area contributed by atoms with Gasteiger partial charge in [-0.1, -0.05) is 57.1 Å². The van der Waals surface area contributed by atoms with Crippen molar-refractivity contribution in [1.82, 2.24) is 20.0 Å². The summed E-state index contributed by atoms with van der Waals surface area (Å²) in [6, 6.07) is 11.9. The van der Waals surface area contributed by atoms with Crippen molar-refractivity contribution in [2.75, 3.05) is 18.4 Å². The first-order chi connectivity index (χ1) is 15.4. The first-order valence-electron chi connectivity index (χ1n) is 11.4. The molecule has 0 aliphatic carbocycles. The van der Waals surface area contributed by atoms with Gasteiger partial charge in [-0.3, -0.25) is 4.98 Å². The van der Waals surface area contributed by atoms with Crippen LogP contribution in [0.15, 0.2) is 47.1 Å². The van der Waals surface area contributed by atoms with Crippen LogP contribution < -0.4 is 5.32 Å². The highest BCUT2D eigenvalue weighted by molar-refractivity contribution is 5.91. The zero-order valence-corrected chi connectivity index (χ0v) is 19.2. The van der Waals surface area contributed by atoms with Crippen LogP contribution in [0.1, 0.15) is 75.3 Å². The molecule has 168 valence electrons. The van der Waals surface area contributed by atoms with Crippen molar-refractivity contribution in [3.05, 3.63) is 59.6 Å². The van der Waals surface area contributed by atoms with Crippen LogP contribution in [-0.2, 0) is 0 Å². The molecule has 3 heterocycles. The van der Waals surface area contributed by atoms with Gasteiger partial charge in [0.05, 0.1) is 0 Å². The van der Waals surface area contributed by atoms with E-state index in [0.29, 0.717) is 42.3 Å². The molecule has 0 radical (unpaired) electrons. The predicted octanol–water partition coefficient (Wildman–Crippen LogP) is 5.79. The Balaban J connectivity index is 1.41. The van der Waals surface area contributed by atoms with Crippen LogP contribution in [0.4, 0.5) is 10.5 Å². The number of carbonyl (C=O) groups excluding carboxylic acids is 1. The fourth-order valence-electron chi connectivity index (χ4n) is 4.21. The molecule has 2 aromatic heterocycles. The second kappa shape index (κ2) is 9.51. The Morgan fingerprint density at radius 3 is 2.31 bits per heavy atom. The van der Waals surface area contributed by atoms with E-state index in [2.05, 4.69) is 66.3 Å². The van der Waals surface area contributed by atoms with Gasteiger partial charge in [0.25, 0.3) is 0 Å². The van der Waals surface area contributed by atoms with E-state index in [0.717, 1.165) is 18.5 Å². The SMILES string of the molecule is CC(C)c1cccc(C(C)C)c1NC(=O)N1CCC(c2nc(-c3ccccn3)no2)CC1. The lowest BCUT2D eigenvalue weighted by atomic mass is 9.92. The van der Waals surface area contributed by atoms with Crippen LogP contribution in [0, 0.1) is 0 Å². The molecule has 1 aliphatic rings. The Kier molecular flexibility index (Phi) is 6.53. The first kappa shape index (κ1) is 22.0. The molecular weight excluding hydrogens is 402 g/mol. The smallest absolute Gasteiger partial charge is 0.321 e.